The molecule has 0 heterocycles. The van der Waals surface area contributed by atoms with Gasteiger partial charge in [-0.15, -0.1) is 0 Å². The van der Waals surface area contributed by atoms with Gasteiger partial charge in [0.15, 0.2) is 5.60 Å². The van der Waals surface area contributed by atoms with Gasteiger partial charge in [0, 0.05) is 12.8 Å². The van der Waals surface area contributed by atoms with E-state index in [1.165, 1.54) is 0 Å². The Morgan fingerprint density at radius 3 is 1.77 bits per heavy atom. The molecule has 4 N–H and O–H groups in total. The average Bonchev–Trinajstić information content (AvgIpc) is 2.11. The van der Waals surface area contributed by atoms with Crippen molar-refractivity contribution in [1.82, 2.24) is 0 Å². The smallest absolute Gasteiger partial charge is 0.335 e. The van der Waals surface area contributed by atoms with Crippen molar-refractivity contribution in [3.05, 3.63) is 0 Å². The van der Waals surface area contributed by atoms with Crippen LogP contribution in [0, 0.1) is 0 Å². The molecule has 0 fully saturated rings. The van der Waals surface area contributed by atoms with E-state index in [2.05, 4.69) is 9.78 Å². The predicted octanol–water partition coefficient (Wildman–Crippen LogP) is -0.438. The van der Waals surface area contributed by atoms with Crippen LogP contribution in [0.4, 0.5) is 0 Å². The number of hydrogen-bond acceptors (Lipinski definition) is 6. The lowest BCUT2D eigenvalue weighted by atomic mass is 9.97. The quantitative estimate of drug-likeness (QED) is 0.322. The van der Waals surface area contributed by atoms with E-state index in [1.807, 2.05) is 0 Å². The number of hydrogen-bond donors (Lipinski definition) is 4. The second-order valence-corrected chi connectivity index (χ2v) is 2.50. The van der Waals surface area contributed by atoms with E-state index in [1.54, 1.807) is 0 Å². The highest BCUT2D eigenvalue weighted by molar-refractivity contribution is 5.77. The summed E-state index contributed by atoms with van der Waals surface area (Å²) in [7, 11) is 0. The maximum atomic E-state index is 10.5. The van der Waals surface area contributed by atoms with Crippen LogP contribution < -0.4 is 0 Å². The van der Waals surface area contributed by atoms with Gasteiger partial charge < -0.3 is 10.2 Å². The summed E-state index contributed by atoms with van der Waals surface area (Å²) >= 11 is 0. The van der Waals surface area contributed by atoms with Gasteiger partial charge in [-0.1, -0.05) is 0 Å². The summed E-state index contributed by atoms with van der Waals surface area (Å²) < 4.78 is 0. The van der Waals surface area contributed by atoms with Crippen molar-refractivity contribution in [3.63, 3.8) is 0 Å². The van der Waals surface area contributed by atoms with Crippen LogP contribution in [0.2, 0.25) is 0 Å². The van der Waals surface area contributed by atoms with Crippen LogP contribution >= 0.6 is 0 Å². The molecule has 0 aliphatic carbocycles. The molecule has 0 saturated heterocycles. The van der Waals surface area contributed by atoms with Crippen molar-refractivity contribution >= 4 is 5.97 Å². The van der Waals surface area contributed by atoms with Crippen LogP contribution in [-0.2, 0) is 14.6 Å². The second-order valence-electron chi connectivity index (χ2n) is 2.50. The van der Waals surface area contributed by atoms with Crippen molar-refractivity contribution in [2.45, 2.75) is 18.4 Å². The Bertz CT molecular complexity index is 149. The maximum absolute atomic E-state index is 10.5. The van der Waals surface area contributed by atoms with E-state index in [0.29, 0.717) is 0 Å². The average molecular weight is 196 g/mol. The molecule has 0 unspecified atom stereocenters. The first kappa shape index (κ1) is 12.3. The fourth-order valence-corrected chi connectivity index (χ4v) is 0.768. The minimum absolute atomic E-state index is 0.289. The number of carbonyl (C=O) groups is 1. The van der Waals surface area contributed by atoms with E-state index in [0.717, 1.165) is 0 Å². The molecule has 0 amide bonds. The molecule has 0 aromatic heterocycles. The van der Waals surface area contributed by atoms with E-state index < -0.39 is 11.6 Å². The van der Waals surface area contributed by atoms with E-state index in [4.69, 9.17) is 15.6 Å². The highest BCUT2D eigenvalue weighted by Gasteiger charge is 2.35. The molecule has 0 radical (unpaired) electrons. The van der Waals surface area contributed by atoms with Gasteiger partial charge in [-0.3, -0.25) is 10.5 Å². The molecule has 0 aliphatic heterocycles. The molecule has 7 nitrogen and oxygen atoms in total. The molecular weight excluding hydrogens is 184 g/mol. The summed E-state index contributed by atoms with van der Waals surface area (Å²) in [5.74, 6) is -1.46. The van der Waals surface area contributed by atoms with Crippen LogP contribution in [0.25, 0.3) is 0 Å². The molecule has 78 valence electrons. The lowest BCUT2D eigenvalue weighted by Gasteiger charge is -2.21. The minimum Gasteiger partial charge on any atom is -0.479 e. The Labute approximate surface area is 74.0 Å². The van der Waals surface area contributed by atoms with Crippen molar-refractivity contribution in [2.24, 2.45) is 0 Å². The molecule has 0 spiro atoms. The SMILES string of the molecule is O=C(O)C(O)(CCOO)CCOO. The Kier molecular flexibility index (Phi) is 5.51. The molecule has 0 aromatic carbocycles. The van der Waals surface area contributed by atoms with Gasteiger partial charge in [0.2, 0.25) is 0 Å². The third kappa shape index (κ3) is 4.15. The molecule has 0 aliphatic rings. The first-order valence-corrected chi connectivity index (χ1v) is 3.55. The Hall–Kier alpha value is -0.730. The Balaban J connectivity index is 4.08. The standard InChI is InChI=1S/C6H12O7/c7-5(8)6(9,1-3-12-10)2-4-13-11/h9-11H,1-4H2,(H,7,8). The van der Waals surface area contributed by atoms with Gasteiger partial charge in [0.05, 0.1) is 13.2 Å². The summed E-state index contributed by atoms with van der Waals surface area (Å²) in [6.07, 6.45) is -0.579. The molecular formula is C6H12O7. The van der Waals surface area contributed by atoms with Crippen LogP contribution in [-0.4, -0.2) is 45.5 Å². The third-order valence-electron chi connectivity index (χ3n) is 1.61. The van der Waals surface area contributed by atoms with Crippen LogP contribution in [0.1, 0.15) is 12.8 Å². The molecule has 0 bridgehead atoms. The molecule has 0 atom stereocenters. The Morgan fingerprint density at radius 1 is 1.15 bits per heavy atom. The van der Waals surface area contributed by atoms with Crippen molar-refractivity contribution in [3.8, 4) is 0 Å². The maximum Gasteiger partial charge on any atom is 0.335 e. The largest absolute Gasteiger partial charge is 0.479 e. The number of rotatable bonds is 7. The second kappa shape index (κ2) is 5.84. The zero-order chi connectivity index (χ0) is 10.3. The lowest BCUT2D eigenvalue weighted by Crippen LogP contribution is -2.40. The van der Waals surface area contributed by atoms with E-state index in [-0.39, 0.29) is 26.1 Å². The molecule has 0 saturated carbocycles. The summed E-state index contributed by atoms with van der Waals surface area (Å²) in [6, 6.07) is 0. The van der Waals surface area contributed by atoms with Crippen LogP contribution in [0.3, 0.4) is 0 Å². The summed E-state index contributed by atoms with van der Waals surface area (Å²) in [4.78, 5) is 17.8. The Morgan fingerprint density at radius 2 is 1.54 bits per heavy atom. The number of carboxylic acids is 1. The van der Waals surface area contributed by atoms with Gasteiger partial charge in [-0.2, -0.15) is 0 Å². The van der Waals surface area contributed by atoms with Crippen LogP contribution in [0.15, 0.2) is 0 Å². The highest BCUT2D eigenvalue weighted by atomic mass is 17.1. The normalized spacial score (nSPS) is 11.6. The van der Waals surface area contributed by atoms with Crippen molar-refractivity contribution in [1.29, 1.82) is 0 Å². The number of aliphatic carboxylic acids is 1. The zero-order valence-electron chi connectivity index (χ0n) is 6.84. The van der Waals surface area contributed by atoms with E-state index >= 15 is 0 Å². The van der Waals surface area contributed by atoms with Gasteiger partial charge in [-0.05, 0) is 0 Å². The van der Waals surface area contributed by atoms with Crippen molar-refractivity contribution in [2.75, 3.05) is 13.2 Å². The van der Waals surface area contributed by atoms with Gasteiger partial charge >= 0.3 is 5.97 Å². The first-order valence-electron chi connectivity index (χ1n) is 3.55. The van der Waals surface area contributed by atoms with E-state index in [9.17, 15) is 9.90 Å². The van der Waals surface area contributed by atoms with Gasteiger partial charge in [0.25, 0.3) is 0 Å². The molecule has 0 aromatic rings. The van der Waals surface area contributed by atoms with Crippen LogP contribution in [0.5, 0.6) is 0 Å². The molecule has 13 heavy (non-hydrogen) atoms. The zero-order valence-corrected chi connectivity index (χ0v) is 6.84. The summed E-state index contributed by atoms with van der Waals surface area (Å²) in [5, 5.41) is 33.8. The first-order chi connectivity index (χ1) is 6.06. The molecule has 7 heteroatoms. The predicted molar refractivity (Wildman–Crippen MR) is 39.0 cm³/mol. The monoisotopic (exact) mass is 196 g/mol. The fourth-order valence-electron chi connectivity index (χ4n) is 0.768. The minimum atomic E-state index is -2.05. The summed E-state index contributed by atoms with van der Waals surface area (Å²) in [6.45, 7) is -0.623. The summed E-state index contributed by atoms with van der Waals surface area (Å²) in [5.41, 5.74) is -2.05. The molecule has 0 rings (SSSR count). The number of carboxylic acid groups (broad SMARTS) is 1. The fraction of sp³-hybridized carbons (Fsp3) is 0.833. The van der Waals surface area contributed by atoms with Gasteiger partial charge in [-0.25, -0.2) is 14.6 Å². The van der Waals surface area contributed by atoms with Crippen molar-refractivity contribution < 1.29 is 35.3 Å². The highest BCUT2D eigenvalue weighted by Crippen LogP contribution is 2.15. The topological polar surface area (TPSA) is 116 Å². The third-order valence-corrected chi connectivity index (χ3v) is 1.61. The number of aliphatic hydroxyl groups is 1. The van der Waals surface area contributed by atoms with Gasteiger partial charge in [0.1, 0.15) is 0 Å². The lowest BCUT2D eigenvalue weighted by molar-refractivity contribution is -0.259.